The Labute approximate surface area is 184 Å². The van der Waals surface area contributed by atoms with Gasteiger partial charge in [0.1, 0.15) is 5.82 Å². The van der Waals surface area contributed by atoms with Gasteiger partial charge in [0.15, 0.2) is 11.1 Å². The molecule has 0 saturated carbocycles. The molecule has 2 heterocycles. The Morgan fingerprint density at radius 3 is 2.67 bits per heavy atom. The molecule has 2 rings (SSSR count). The summed E-state index contributed by atoms with van der Waals surface area (Å²) >= 11 is 1.64. The van der Waals surface area contributed by atoms with Crippen LogP contribution in [0.5, 0.6) is 0 Å². The van der Waals surface area contributed by atoms with Crippen molar-refractivity contribution in [1.29, 1.82) is 0 Å². The van der Waals surface area contributed by atoms with E-state index >= 15 is 0 Å². The van der Waals surface area contributed by atoms with E-state index in [4.69, 9.17) is 4.74 Å². The van der Waals surface area contributed by atoms with Gasteiger partial charge in [0.05, 0.1) is 6.61 Å². The van der Waals surface area contributed by atoms with E-state index in [-0.39, 0.29) is 6.09 Å². The third-order valence-corrected chi connectivity index (χ3v) is 5.65. The maximum absolute atomic E-state index is 11.8. The summed E-state index contributed by atoms with van der Waals surface area (Å²) in [6.07, 6.45) is 5.42. The zero-order chi connectivity index (χ0) is 21.9. The summed E-state index contributed by atoms with van der Waals surface area (Å²) in [7, 11) is 1.78. The van der Waals surface area contributed by atoms with Gasteiger partial charge < -0.3 is 24.8 Å². The summed E-state index contributed by atoms with van der Waals surface area (Å²) in [5, 5.41) is 16.5. The number of carbonyl (C=O) groups is 1. The van der Waals surface area contributed by atoms with Gasteiger partial charge in [-0.3, -0.25) is 4.99 Å². The fraction of sp³-hybridized carbons (Fsp3) is 0.800. The van der Waals surface area contributed by atoms with Crippen LogP contribution >= 0.6 is 11.8 Å². The highest BCUT2D eigenvalue weighted by molar-refractivity contribution is 7.98. The smallest absolute Gasteiger partial charge is 0.409 e. The SMILES string of the molecule is CCOC(=O)N1CCC(NC(=NC)NCCCc2nnc(SC)n2CC(C)C)CC1. The first-order valence-electron chi connectivity index (χ1n) is 10.8. The number of nitrogens with one attached hydrogen (secondary N) is 2. The molecule has 30 heavy (non-hydrogen) atoms. The highest BCUT2D eigenvalue weighted by atomic mass is 32.2. The van der Waals surface area contributed by atoms with Crippen molar-refractivity contribution >= 4 is 23.8 Å². The van der Waals surface area contributed by atoms with Crippen molar-refractivity contribution in [2.45, 2.75) is 64.2 Å². The van der Waals surface area contributed by atoms with Crippen molar-refractivity contribution in [2.24, 2.45) is 10.9 Å². The molecule has 0 radical (unpaired) electrons. The fourth-order valence-electron chi connectivity index (χ4n) is 3.47. The number of piperidine rings is 1. The second-order valence-corrected chi connectivity index (χ2v) is 8.59. The van der Waals surface area contributed by atoms with Crippen molar-refractivity contribution < 1.29 is 9.53 Å². The van der Waals surface area contributed by atoms with Crippen molar-refractivity contribution in [2.75, 3.05) is 39.5 Å². The quantitative estimate of drug-likeness (QED) is 0.264. The van der Waals surface area contributed by atoms with E-state index in [0.717, 1.165) is 55.7 Å². The van der Waals surface area contributed by atoms with Crippen molar-refractivity contribution in [3.63, 3.8) is 0 Å². The maximum Gasteiger partial charge on any atom is 0.409 e. The number of nitrogens with zero attached hydrogens (tertiary/aromatic N) is 5. The molecule has 9 nitrogen and oxygen atoms in total. The van der Waals surface area contributed by atoms with Crippen LogP contribution < -0.4 is 10.6 Å². The molecule has 1 aliphatic rings. The average molecular weight is 440 g/mol. The van der Waals surface area contributed by atoms with Gasteiger partial charge in [0.25, 0.3) is 0 Å². The second kappa shape index (κ2) is 12.7. The predicted molar refractivity (Wildman–Crippen MR) is 121 cm³/mol. The lowest BCUT2D eigenvalue weighted by molar-refractivity contribution is 0.0963. The molecule has 2 N–H and O–H groups in total. The molecular weight excluding hydrogens is 402 g/mol. The minimum Gasteiger partial charge on any atom is -0.450 e. The lowest BCUT2D eigenvalue weighted by atomic mass is 10.1. The van der Waals surface area contributed by atoms with Crippen LogP contribution in [0.2, 0.25) is 0 Å². The van der Waals surface area contributed by atoms with Crippen LogP contribution in [0.25, 0.3) is 0 Å². The third-order valence-electron chi connectivity index (χ3n) is 4.98. The Bertz CT molecular complexity index is 685. The van der Waals surface area contributed by atoms with E-state index in [2.05, 4.69) is 44.2 Å². The topological polar surface area (TPSA) is 96.7 Å². The van der Waals surface area contributed by atoms with Gasteiger partial charge in [-0.1, -0.05) is 25.6 Å². The molecule has 1 aromatic rings. The first kappa shape index (κ1) is 24.3. The number of aryl methyl sites for hydroxylation is 1. The Kier molecular flexibility index (Phi) is 10.3. The van der Waals surface area contributed by atoms with Crippen LogP contribution in [0, 0.1) is 5.92 Å². The number of hydrogen-bond acceptors (Lipinski definition) is 6. The average Bonchev–Trinajstić information content (AvgIpc) is 3.11. The van der Waals surface area contributed by atoms with E-state index < -0.39 is 0 Å². The minimum atomic E-state index is -0.214. The van der Waals surface area contributed by atoms with Crippen LogP contribution in [0.1, 0.15) is 45.9 Å². The summed E-state index contributed by atoms with van der Waals surface area (Å²) < 4.78 is 7.31. The van der Waals surface area contributed by atoms with E-state index in [1.807, 2.05) is 13.2 Å². The number of aliphatic imine (C=N–C) groups is 1. The summed E-state index contributed by atoms with van der Waals surface area (Å²) in [5.41, 5.74) is 0. The van der Waals surface area contributed by atoms with Gasteiger partial charge in [0.2, 0.25) is 0 Å². The number of carbonyl (C=O) groups excluding carboxylic acids is 1. The molecule has 1 fully saturated rings. The molecule has 1 aliphatic heterocycles. The van der Waals surface area contributed by atoms with Crippen molar-refractivity contribution in [3.8, 4) is 0 Å². The Morgan fingerprint density at radius 2 is 2.07 bits per heavy atom. The monoisotopic (exact) mass is 439 g/mol. The van der Waals surface area contributed by atoms with Crippen LogP contribution in [0.3, 0.4) is 0 Å². The van der Waals surface area contributed by atoms with Crippen molar-refractivity contribution in [3.05, 3.63) is 5.82 Å². The highest BCUT2D eigenvalue weighted by Gasteiger charge is 2.24. The molecule has 170 valence electrons. The Morgan fingerprint density at radius 1 is 1.33 bits per heavy atom. The fourth-order valence-corrected chi connectivity index (χ4v) is 3.99. The molecule has 0 aliphatic carbocycles. The van der Waals surface area contributed by atoms with Gasteiger partial charge in [-0.05, 0) is 38.4 Å². The normalized spacial score (nSPS) is 15.5. The Hall–Kier alpha value is -1.97. The molecule has 10 heteroatoms. The number of ether oxygens (including phenoxy) is 1. The van der Waals surface area contributed by atoms with Gasteiger partial charge in [-0.15, -0.1) is 10.2 Å². The first-order valence-corrected chi connectivity index (χ1v) is 12.1. The van der Waals surface area contributed by atoms with Gasteiger partial charge >= 0.3 is 6.09 Å². The Balaban J connectivity index is 1.73. The number of guanidine groups is 1. The summed E-state index contributed by atoms with van der Waals surface area (Å²) in [4.78, 5) is 17.9. The van der Waals surface area contributed by atoms with E-state index in [1.165, 1.54) is 0 Å². The molecular formula is C20H37N7O2S. The number of hydrogen-bond donors (Lipinski definition) is 2. The summed E-state index contributed by atoms with van der Waals surface area (Å²) in [5.74, 6) is 2.41. The van der Waals surface area contributed by atoms with Gasteiger partial charge in [-0.2, -0.15) is 0 Å². The third kappa shape index (κ3) is 7.37. The van der Waals surface area contributed by atoms with Crippen LogP contribution in [0.4, 0.5) is 4.79 Å². The number of aromatic nitrogens is 3. The minimum absolute atomic E-state index is 0.214. The largest absolute Gasteiger partial charge is 0.450 e. The van der Waals surface area contributed by atoms with Gasteiger partial charge in [-0.25, -0.2) is 4.79 Å². The van der Waals surface area contributed by atoms with Crippen LogP contribution in [-0.4, -0.2) is 77.3 Å². The standard InChI is InChI=1S/C20H37N7O2S/c1-6-29-20(28)26-12-9-16(10-13-26)23-18(21-4)22-11-7-8-17-24-25-19(30-5)27(17)14-15(2)3/h15-16H,6-14H2,1-5H3,(H2,21,22,23). The molecule has 1 saturated heterocycles. The van der Waals surface area contributed by atoms with E-state index in [1.54, 1.807) is 23.7 Å². The summed E-state index contributed by atoms with van der Waals surface area (Å²) in [6, 6.07) is 0.306. The predicted octanol–water partition coefficient (Wildman–Crippen LogP) is 2.37. The van der Waals surface area contributed by atoms with Crippen LogP contribution in [-0.2, 0) is 17.7 Å². The molecule has 0 aromatic carbocycles. The number of rotatable bonds is 9. The molecule has 0 spiro atoms. The zero-order valence-corrected chi connectivity index (χ0v) is 19.8. The van der Waals surface area contributed by atoms with Crippen molar-refractivity contribution in [1.82, 2.24) is 30.3 Å². The molecule has 1 aromatic heterocycles. The lowest BCUT2D eigenvalue weighted by Gasteiger charge is -2.32. The maximum atomic E-state index is 11.8. The van der Waals surface area contributed by atoms with Crippen LogP contribution in [0.15, 0.2) is 10.1 Å². The van der Waals surface area contributed by atoms with E-state index in [9.17, 15) is 4.79 Å². The molecule has 0 unspecified atom stereocenters. The van der Waals surface area contributed by atoms with Gasteiger partial charge in [0, 0.05) is 45.7 Å². The number of amides is 1. The number of thioether (sulfide) groups is 1. The number of likely N-dealkylation sites (tertiary alicyclic amines) is 1. The van der Waals surface area contributed by atoms with E-state index in [0.29, 0.717) is 31.7 Å². The second-order valence-electron chi connectivity index (χ2n) is 7.81. The first-order chi connectivity index (χ1) is 14.5. The molecule has 0 bridgehead atoms. The molecule has 1 amide bonds. The summed E-state index contributed by atoms with van der Waals surface area (Å²) in [6.45, 7) is 9.83. The molecule has 0 atom stereocenters. The zero-order valence-electron chi connectivity index (χ0n) is 19.0. The lowest BCUT2D eigenvalue weighted by Crippen LogP contribution is -2.50. The highest BCUT2D eigenvalue weighted by Crippen LogP contribution is 2.16.